The summed E-state index contributed by atoms with van der Waals surface area (Å²) >= 11 is 4.82. The number of fused-ring (bicyclic) bond motifs is 1. The van der Waals surface area contributed by atoms with Gasteiger partial charge in [-0.2, -0.15) is 0 Å². The second-order valence-electron chi connectivity index (χ2n) is 3.75. The minimum atomic E-state index is -3.63. The highest BCUT2D eigenvalue weighted by atomic mass is 32.2. The lowest BCUT2D eigenvalue weighted by molar-refractivity contribution is 0.378. The maximum atomic E-state index is 11.6. The lowest BCUT2D eigenvalue weighted by Crippen LogP contribution is -2.60. The number of thiocarbonyl (C=S) groups is 1. The molecule has 9 heteroatoms. The van der Waals surface area contributed by atoms with Gasteiger partial charge in [-0.1, -0.05) is 0 Å². The van der Waals surface area contributed by atoms with E-state index in [2.05, 4.69) is 4.72 Å². The third kappa shape index (κ3) is 1.72. The fourth-order valence-corrected chi connectivity index (χ4v) is 6.88. The Labute approximate surface area is 93.6 Å². The van der Waals surface area contributed by atoms with Gasteiger partial charge in [0.1, 0.15) is 5.25 Å². The van der Waals surface area contributed by atoms with Gasteiger partial charge >= 0.3 is 0 Å². The first kappa shape index (κ1) is 11.1. The molecule has 2 saturated heterocycles. The topological polar surface area (TPSA) is 83.6 Å². The first-order valence-electron chi connectivity index (χ1n) is 4.22. The van der Waals surface area contributed by atoms with Crippen molar-refractivity contribution in [2.45, 2.75) is 11.3 Å². The normalized spacial score (nSPS) is 37.1. The van der Waals surface area contributed by atoms with Crippen molar-refractivity contribution >= 4 is 37.2 Å². The molecule has 0 aromatic carbocycles. The zero-order valence-corrected chi connectivity index (χ0v) is 10.3. The molecule has 0 bridgehead atoms. The number of nitrogens with one attached hydrogen (secondary N) is 1. The van der Waals surface area contributed by atoms with E-state index in [9.17, 15) is 16.8 Å². The molecule has 2 aliphatic heterocycles. The summed E-state index contributed by atoms with van der Waals surface area (Å²) in [5.41, 5.74) is 0. The SMILES string of the molecule is CN1C(=S)NS(=O)(=O)[C@H]2CS(=O)(=O)C[C@H]21. The van der Waals surface area contributed by atoms with E-state index in [0.29, 0.717) is 0 Å². The second kappa shape index (κ2) is 3.05. The molecule has 2 aliphatic rings. The molecule has 2 atom stereocenters. The molecule has 2 rings (SSSR count). The molecule has 2 fully saturated rings. The van der Waals surface area contributed by atoms with E-state index in [-0.39, 0.29) is 16.6 Å². The smallest absolute Gasteiger partial charge is 0.240 e. The number of hydrogen-bond acceptors (Lipinski definition) is 5. The zero-order chi connectivity index (χ0) is 11.4. The summed E-state index contributed by atoms with van der Waals surface area (Å²) in [6.45, 7) is 0. The monoisotopic (exact) mass is 270 g/mol. The zero-order valence-electron chi connectivity index (χ0n) is 7.87. The molecule has 0 aromatic heterocycles. The Hall–Kier alpha value is -0.410. The van der Waals surface area contributed by atoms with E-state index in [1.165, 1.54) is 4.90 Å². The van der Waals surface area contributed by atoms with Crippen molar-refractivity contribution in [2.75, 3.05) is 18.6 Å². The highest BCUT2D eigenvalue weighted by Crippen LogP contribution is 2.26. The third-order valence-corrected chi connectivity index (χ3v) is 6.92. The standard InChI is InChI=1S/C6H10N2O4S3/c1-8-4-2-14(9,10)3-5(4)15(11,12)7-6(8)13/h4-5H,2-3H2,1H3,(H,7,13)/t4-,5+/m1/s1. The van der Waals surface area contributed by atoms with Gasteiger partial charge in [0.2, 0.25) is 10.0 Å². The quantitative estimate of drug-likeness (QED) is 0.528. The van der Waals surface area contributed by atoms with Crippen molar-refractivity contribution in [3.63, 3.8) is 0 Å². The molecular weight excluding hydrogens is 260 g/mol. The average Bonchev–Trinajstić information content (AvgIpc) is 2.38. The maximum absolute atomic E-state index is 11.6. The predicted molar refractivity (Wildman–Crippen MR) is 58.6 cm³/mol. The molecule has 0 radical (unpaired) electrons. The van der Waals surface area contributed by atoms with Gasteiger partial charge in [0.15, 0.2) is 14.9 Å². The number of sulfone groups is 1. The second-order valence-corrected chi connectivity index (χ2v) is 8.19. The molecular formula is C6H10N2O4S3. The Kier molecular flexibility index (Phi) is 2.25. The van der Waals surface area contributed by atoms with Crippen LogP contribution in [0.2, 0.25) is 0 Å². The van der Waals surface area contributed by atoms with Crippen LogP contribution in [0, 0.1) is 0 Å². The number of hydrogen-bond donors (Lipinski definition) is 1. The van der Waals surface area contributed by atoms with Crippen LogP contribution in [0.25, 0.3) is 0 Å². The Morgan fingerprint density at radius 1 is 1.33 bits per heavy atom. The number of rotatable bonds is 0. The minimum absolute atomic E-state index is 0.0633. The molecule has 2 heterocycles. The van der Waals surface area contributed by atoms with E-state index in [1.54, 1.807) is 7.05 Å². The van der Waals surface area contributed by atoms with Crippen LogP contribution in [-0.2, 0) is 19.9 Å². The van der Waals surface area contributed by atoms with Crippen LogP contribution < -0.4 is 4.72 Å². The minimum Gasteiger partial charge on any atom is -0.346 e. The summed E-state index contributed by atoms with van der Waals surface area (Å²) in [7, 11) is -5.30. The van der Waals surface area contributed by atoms with Crippen LogP contribution >= 0.6 is 12.2 Å². The molecule has 1 N–H and O–H groups in total. The number of nitrogens with zero attached hydrogens (tertiary/aromatic N) is 1. The van der Waals surface area contributed by atoms with Crippen molar-refractivity contribution in [3.8, 4) is 0 Å². The lowest BCUT2D eigenvalue weighted by Gasteiger charge is -2.35. The Morgan fingerprint density at radius 2 is 1.93 bits per heavy atom. The van der Waals surface area contributed by atoms with Crippen LogP contribution in [-0.4, -0.2) is 56.7 Å². The highest BCUT2D eigenvalue weighted by Gasteiger charge is 2.51. The van der Waals surface area contributed by atoms with Crippen LogP contribution in [0.1, 0.15) is 0 Å². The van der Waals surface area contributed by atoms with Gasteiger partial charge in [-0.15, -0.1) is 0 Å². The number of sulfonamides is 1. The predicted octanol–water partition coefficient (Wildman–Crippen LogP) is -1.70. The molecule has 6 nitrogen and oxygen atoms in total. The van der Waals surface area contributed by atoms with Crippen LogP contribution in [0.4, 0.5) is 0 Å². The van der Waals surface area contributed by atoms with Crippen LogP contribution in [0.3, 0.4) is 0 Å². The molecule has 86 valence electrons. The average molecular weight is 270 g/mol. The Bertz CT molecular complexity index is 508. The third-order valence-electron chi connectivity index (χ3n) is 2.72. The Balaban J connectivity index is 2.48. The van der Waals surface area contributed by atoms with Gasteiger partial charge in [-0.05, 0) is 12.2 Å². The van der Waals surface area contributed by atoms with E-state index >= 15 is 0 Å². The summed E-state index contributed by atoms with van der Waals surface area (Å²) in [5, 5.41) is -0.840. The van der Waals surface area contributed by atoms with E-state index in [4.69, 9.17) is 12.2 Å². The van der Waals surface area contributed by atoms with Crippen molar-refractivity contribution < 1.29 is 16.8 Å². The van der Waals surface area contributed by atoms with Gasteiger partial charge in [-0.3, -0.25) is 4.72 Å². The Morgan fingerprint density at radius 3 is 2.53 bits per heavy atom. The summed E-state index contributed by atoms with van der Waals surface area (Å²) in [6.07, 6.45) is 0. The van der Waals surface area contributed by atoms with Crippen molar-refractivity contribution in [3.05, 3.63) is 0 Å². The summed E-state index contributed by atoms with van der Waals surface area (Å²) < 4.78 is 48.2. The van der Waals surface area contributed by atoms with E-state index in [0.717, 1.165) is 0 Å². The molecule has 0 saturated carbocycles. The van der Waals surface area contributed by atoms with Gasteiger partial charge in [0.05, 0.1) is 17.5 Å². The first-order valence-corrected chi connectivity index (χ1v) is 7.99. The van der Waals surface area contributed by atoms with Crippen molar-refractivity contribution in [1.29, 1.82) is 0 Å². The van der Waals surface area contributed by atoms with Crippen molar-refractivity contribution in [1.82, 2.24) is 9.62 Å². The molecule has 0 aromatic rings. The molecule has 0 aliphatic carbocycles. The van der Waals surface area contributed by atoms with Gasteiger partial charge in [-0.25, -0.2) is 16.8 Å². The van der Waals surface area contributed by atoms with Gasteiger partial charge in [0.25, 0.3) is 0 Å². The molecule has 0 spiro atoms. The summed E-state index contributed by atoms with van der Waals surface area (Å²) in [6, 6.07) is -0.547. The van der Waals surface area contributed by atoms with E-state index in [1.807, 2.05) is 0 Å². The van der Waals surface area contributed by atoms with E-state index < -0.39 is 31.2 Å². The summed E-state index contributed by atoms with van der Waals surface area (Å²) in [5.74, 6) is -0.463. The van der Waals surface area contributed by atoms with Gasteiger partial charge < -0.3 is 4.90 Å². The highest BCUT2D eigenvalue weighted by molar-refractivity contribution is 7.96. The summed E-state index contributed by atoms with van der Waals surface area (Å²) in [4.78, 5) is 1.51. The van der Waals surface area contributed by atoms with Gasteiger partial charge in [0, 0.05) is 7.05 Å². The van der Waals surface area contributed by atoms with Crippen LogP contribution in [0.15, 0.2) is 0 Å². The maximum Gasteiger partial charge on any atom is 0.240 e. The van der Waals surface area contributed by atoms with Crippen molar-refractivity contribution in [2.24, 2.45) is 0 Å². The first-order chi connectivity index (χ1) is 6.73. The van der Waals surface area contributed by atoms with Crippen LogP contribution in [0.5, 0.6) is 0 Å². The largest absolute Gasteiger partial charge is 0.346 e. The fraction of sp³-hybridized carbons (Fsp3) is 0.833. The molecule has 15 heavy (non-hydrogen) atoms. The molecule has 0 unspecified atom stereocenters. The lowest BCUT2D eigenvalue weighted by atomic mass is 10.2. The molecule has 0 amide bonds. The fourth-order valence-electron chi connectivity index (χ4n) is 1.87.